The van der Waals surface area contributed by atoms with Crippen molar-refractivity contribution in [3.63, 3.8) is 0 Å². The van der Waals surface area contributed by atoms with Crippen molar-refractivity contribution in [3.8, 4) is 0 Å². The van der Waals surface area contributed by atoms with Crippen molar-refractivity contribution < 1.29 is 0 Å². The van der Waals surface area contributed by atoms with Crippen LogP contribution in [0.2, 0.25) is 0 Å². The third-order valence-corrected chi connectivity index (χ3v) is 2.61. The monoisotopic (exact) mass is 182 g/mol. The van der Waals surface area contributed by atoms with Gasteiger partial charge < -0.3 is 5.73 Å². The number of hydrogen-bond acceptors (Lipinski definition) is 4. The quantitative estimate of drug-likeness (QED) is 0.759. The minimum atomic E-state index is 0.724. The third-order valence-electron chi connectivity index (χ3n) is 1.61. The number of hydrogen-bond donors (Lipinski definition) is 1. The van der Waals surface area contributed by atoms with E-state index >= 15 is 0 Å². The van der Waals surface area contributed by atoms with Gasteiger partial charge in [-0.3, -0.25) is 0 Å². The number of nitrogens with two attached hydrogens (primary N) is 1. The summed E-state index contributed by atoms with van der Waals surface area (Å²) in [6, 6.07) is 0. The van der Waals surface area contributed by atoms with Crippen LogP contribution in [0.4, 0.5) is 0 Å². The second-order valence-electron chi connectivity index (χ2n) is 2.54. The van der Waals surface area contributed by atoms with Gasteiger partial charge >= 0.3 is 0 Å². The molecule has 2 N–H and O–H groups in total. The summed E-state index contributed by atoms with van der Waals surface area (Å²) in [7, 11) is 0. The lowest BCUT2D eigenvalue weighted by atomic mass is 10.3. The molecule has 0 aliphatic heterocycles. The molecule has 2 rings (SSSR count). The zero-order valence-corrected chi connectivity index (χ0v) is 7.42. The number of aromatic nitrogens is 3. The molecule has 0 amide bonds. The second kappa shape index (κ2) is 3.20. The van der Waals surface area contributed by atoms with E-state index in [0.717, 1.165) is 29.4 Å². The average molecular weight is 182 g/mol. The number of nitrogens with zero attached hydrogens (tertiary/aromatic N) is 3. The lowest BCUT2D eigenvalue weighted by Gasteiger charge is -1.89. The first-order chi connectivity index (χ1) is 5.90. The van der Waals surface area contributed by atoms with Gasteiger partial charge in [0.05, 0.1) is 6.20 Å². The van der Waals surface area contributed by atoms with Gasteiger partial charge in [0.15, 0.2) is 0 Å². The van der Waals surface area contributed by atoms with Crippen LogP contribution in [0.25, 0.3) is 4.96 Å². The summed E-state index contributed by atoms with van der Waals surface area (Å²) in [5.74, 6) is 0. The van der Waals surface area contributed by atoms with Crippen molar-refractivity contribution in [1.82, 2.24) is 14.6 Å². The molecular weight excluding hydrogens is 172 g/mol. The Hall–Kier alpha value is -0.940. The third kappa shape index (κ3) is 1.33. The van der Waals surface area contributed by atoms with Gasteiger partial charge in [-0.1, -0.05) is 11.3 Å². The Labute approximate surface area is 74.0 Å². The normalized spacial score (nSPS) is 11.1. The summed E-state index contributed by atoms with van der Waals surface area (Å²) in [5.41, 5.74) is 5.40. The highest BCUT2D eigenvalue weighted by Crippen LogP contribution is 2.13. The molecule has 0 aromatic carbocycles. The van der Waals surface area contributed by atoms with Crippen LogP contribution in [0.5, 0.6) is 0 Å². The van der Waals surface area contributed by atoms with E-state index in [0.29, 0.717) is 0 Å². The Balaban J connectivity index is 2.21. The Morgan fingerprint density at radius 1 is 1.58 bits per heavy atom. The van der Waals surface area contributed by atoms with Crippen LogP contribution in [0, 0.1) is 0 Å². The van der Waals surface area contributed by atoms with Gasteiger partial charge in [0.25, 0.3) is 0 Å². The molecule has 2 heterocycles. The lowest BCUT2D eigenvalue weighted by Crippen LogP contribution is -2.00. The Bertz CT molecular complexity index is 336. The van der Waals surface area contributed by atoms with Gasteiger partial charge in [0, 0.05) is 12.6 Å². The van der Waals surface area contributed by atoms with Crippen LogP contribution >= 0.6 is 11.3 Å². The van der Waals surface area contributed by atoms with Crippen molar-refractivity contribution in [2.75, 3.05) is 6.54 Å². The molecule has 0 aliphatic rings. The van der Waals surface area contributed by atoms with Gasteiger partial charge in [0.1, 0.15) is 5.01 Å². The van der Waals surface area contributed by atoms with E-state index in [1.165, 1.54) is 0 Å². The van der Waals surface area contributed by atoms with Crippen LogP contribution < -0.4 is 5.73 Å². The number of aryl methyl sites for hydroxylation is 1. The Morgan fingerprint density at radius 3 is 3.25 bits per heavy atom. The highest BCUT2D eigenvalue weighted by molar-refractivity contribution is 7.16. The Morgan fingerprint density at radius 2 is 2.50 bits per heavy atom. The summed E-state index contributed by atoms with van der Waals surface area (Å²) >= 11 is 1.63. The van der Waals surface area contributed by atoms with Crippen molar-refractivity contribution in [2.45, 2.75) is 12.8 Å². The highest BCUT2D eigenvalue weighted by Gasteiger charge is 2.02. The minimum Gasteiger partial charge on any atom is -0.330 e. The van der Waals surface area contributed by atoms with Crippen molar-refractivity contribution in [3.05, 3.63) is 17.4 Å². The SMILES string of the molecule is NCCCc1nn2ccnc2s1. The van der Waals surface area contributed by atoms with E-state index in [2.05, 4.69) is 10.1 Å². The topological polar surface area (TPSA) is 56.2 Å². The van der Waals surface area contributed by atoms with E-state index in [9.17, 15) is 0 Å². The molecule has 12 heavy (non-hydrogen) atoms. The van der Waals surface area contributed by atoms with Gasteiger partial charge in [-0.15, -0.1) is 0 Å². The fraction of sp³-hybridized carbons (Fsp3) is 0.429. The molecule has 0 radical (unpaired) electrons. The fourth-order valence-electron chi connectivity index (χ4n) is 1.03. The molecule has 0 fully saturated rings. The molecule has 64 valence electrons. The van der Waals surface area contributed by atoms with Crippen LogP contribution in [-0.2, 0) is 6.42 Å². The first-order valence-corrected chi connectivity index (χ1v) is 4.71. The predicted octanol–water partition coefficient (Wildman–Crippen LogP) is 0.682. The smallest absolute Gasteiger partial charge is 0.212 e. The highest BCUT2D eigenvalue weighted by atomic mass is 32.1. The van der Waals surface area contributed by atoms with Gasteiger partial charge in [-0.05, 0) is 13.0 Å². The lowest BCUT2D eigenvalue weighted by molar-refractivity contribution is 0.799. The first-order valence-electron chi connectivity index (χ1n) is 3.89. The predicted molar refractivity (Wildman–Crippen MR) is 48.2 cm³/mol. The largest absolute Gasteiger partial charge is 0.330 e. The summed E-state index contributed by atoms with van der Waals surface area (Å²) in [4.78, 5) is 5.10. The van der Waals surface area contributed by atoms with Gasteiger partial charge in [0.2, 0.25) is 4.96 Å². The molecular formula is C7H10N4S. The fourth-order valence-corrected chi connectivity index (χ4v) is 1.93. The first kappa shape index (κ1) is 7.70. The van der Waals surface area contributed by atoms with E-state index in [1.807, 2.05) is 6.20 Å². The van der Waals surface area contributed by atoms with Crippen LogP contribution in [0.15, 0.2) is 12.4 Å². The summed E-state index contributed by atoms with van der Waals surface area (Å²) in [6.45, 7) is 0.724. The Kier molecular flexibility index (Phi) is 2.05. The van der Waals surface area contributed by atoms with Gasteiger partial charge in [-0.25, -0.2) is 9.50 Å². The van der Waals surface area contributed by atoms with E-state index in [4.69, 9.17) is 5.73 Å². The second-order valence-corrected chi connectivity index (χ2v) is 3.58. The van der Waals surface area contributed by atoms with Crippen molar-refractivity contribution >= 4 is 16.3 Å². The summed E-state index contributed by atoms with van der Waals surface area (Å²) in [6.07, 6.45) is 5.57. The van der Waals surface area contributed by atoms with Crippen molar-refractivity contribution in [1.29, 1.82) is 0 Å². The molecule has 0 saturated heterocycles. The molecule has 0 atom stereocenters. The molecule has 0 spiro atoms. The molecule has 0 saturated carbocycles. The van der Waals surface area contributed by atoms with Crippen molar-refractivity contribution in [2.24, 2.45) is 5.73 Å². The van der Waals surface area contributed by atoms with E-state index in [-0.39, 0.29) is 0 Å². The number of fused-ring (bicyclic) bond motifs is 1. The van der Waals surface area contributed by atoms with Crippen LogP contribution in [-0.4, -0.2) is 21.1 Å². The summed E-state index contributed by atoms with van der Waals surface area (Å²) in [5, 5.41) is 5.44. The molecule has 2 aromatic rings. The maximum atomic E-state index is 5.40. The maximum absolute atomic E-state index is 5.40. The molecule has 5 heteroatoms. The number of rotatable bonds is 3. The molecule has 0 unspecified atom stereocenters. The molecule has 4 nitrogen and oxygen atoms in total. The molecule has 0 aliphatic carbocycles. The molecule has 0 bridgehead atoms. The zero-order chi connectivity index (χ0) is 8.39. The average Bonchev–Trinajstić information content (AvgIpc) is 2.58. The standard InChI is InChI=1S/C7H10N4S/c8-3-1-2-6-10-11-5-4-9-7(11)12-6/h4-5H,1-3,8H2. The summed E-state index contributed by atoms with van der Waals surface area (Å²) < 4.78 is 1.80. The van der Waals surface area contributed by atoms with E-state index < -0.39 is 0 Å². The van der Waals surface area contributed by atoms with Gasteiger partial charge in [-0.2, -0.15) is 5.10 Å². The van der Waals surface area contributed by atoms with Crippen LogP contribution in [0.1, 0.15) is 11.4 Å². The van der Waals surface area contributed by atoms with E-state index in [1.54, 1.807) is 22.0 Å². The van der Waals surface area contributed by atoms with Crippen LogP contribution in [0.3, 0.4) is 0 Å². The minimum absolute atomic E-state index is 0.724. The number of imidazole rings is 1. The zero-order valence-electron chi connectivity index (χ0n) is 6.60. The molecule has 2 aromatic heterocycles. The maximum Gasteiger partial charge on any atom is 0.212 e.